The van der Waals surface area contributed by atoms with E-state index in [0.717, 1.165) is 11.1 Å². The van der Waals surface area contributed by atoms with Gasteiger partial charge in [-0.25, -0.2) is 13.9 Å². The summed E-state index contributed by atoms with van der Waals surface area (Å²) in [7, 11) is 1.83. The maximum absolute atomic E-state index is 13.4. The highest BCUT2D eigenvalue weighted by atomic mass is 79.9. The molecule has 0 bridgehead atoms. The number of rotatable bonds is 5. The molecule has 0 fully saturated rings. The van der Waals surface area contributed by atoms with Gasteiger partial charge in [0.1, 0.15) is 16.1 Å². The SMILES string of the molecule is Cn1cc(-c2ccc3nc(CC(=O)c4ccccc4)c(Br)n3n2)c(-c2ccc(F)cc2)n1. The van der Waals surface area contributed by atoms with Gasteiger partial charge in [0, 0.05) is 29.9 Å². The lowest BCUT2D eigenvalue weighted by atomic mass is 10.1. The molecule has 5 aromatic rings. The van der Waals surface area contributed by atoms with Crippen molar-refractivity contribution in [2.24, 2.45) is 7.05 Å². The van der Waals surface area contributed by atoms with E-state index in [9.17, 15) is 9.18 Å². The molecule has 3 heterocycles. The minimum absolute atomic E-state index is 0.0132. The molecule has 0 aliphatic rings. The maximum Gasteiger partial charge on any atom is 0.168 e. The number of hydrogen-bond acceptors (Lipinski definition) is 4. The number of imidazole rings is 1. The third-order valence-electron chi connectivity index (χ3n) is 5.13. The molecule has 0 saturated heterocycles. The standard InChI is InChI=1S/C24H17BrFN5O/c1-30-14-18(23(29-30)16-7-9-17(26)10-8-16)19-11-12-22-27-20(24(25)31(22)28-19)13-21(32)15-5-3-2-4-6-15/h2-12,14H,13H2,1H3. The van der Waals surface area contributed by atoms with Crippen LogP contribution in [0.25, 0.3) is 28.2 Å². The predicted molar refractivity (Wildman–Crippen MR) is 123 cm³/mol. The van der Waals surface area contributed by atoms with Crippen LogP contribution in [0.5, 0.6) is 0 Å². The van der Waals surface area contributed by atoms with Crippen molar-refractivity contribution < 1.29 is 9.18 Å². The van der Waals surface area contributed by atoms with Crippen LogP contribution in [0.1, 0.15) is 16.1 Å². The zero-order valence-corrected chi connectivity index (χ0v) is 18.6. The van der Waals surface area contributed by atoms with E-state index in [4.69, 9.17) is 5.10 Å². The van der Waals surface area contributed by atoms with Gasteiger partial charge in [-0.1, -0.05) is 30.3 Å². The molecule has 0 amide bonds. The van der Waals surface area contributed by atoms with E-state index in [-0.39, 0.29) is 18.0 Å². The van der Waals surface area contributed by atoms with Gasteiger partial charge >= 0.3 is 0 Å². The van der Waals surface area contributed by atoms with Gasteiger partial charge in [-0.05, 0) is 52.3 Å². The molecule has 0 aliphatic heterocycles. The summed E-state index contributed by atoms with van der Waals surface area (Å²) in [5, 5.41) is 9.27. The molecule has 0 unspecified atom stereocenters. The molecule has 0 saturated carbocycles. The molecule has 0 atom stereocenters. The molecule has 32 heavy (non-hydrogen) atoms. The van der Waals surface area contributed by atoms with Crippen molar-refractivity contribution in [2.75, 3.05) is 0 Å². The Morgan fingerprint density at radius 3 is 2.50 bits per heavy atom. The number of carbonyl (C=O) groups is 1. The number of hydrogen-bond donors (Lipinski definition) is 0. The number of carbonyl (C=O) groups excluding carboxylic acids is 1. The molecular formula is C24H17BrFN5O. The van der Waals surface area contributed by atoms with E-state index in [1.165, 1.54) is 12.1 Å². The van der Waals surface area contributed by atoms with Crippen LogP contribution >= 0.6 is 15.9 Å². The van der Waals surface area contributed by atoms with Gasteiger partial charge in [0.2, 0.25) is 0 Å². The highest BCUT2D eigenvalue weighted by Gasteiger charge is 2.18. The maximum atomic E-state index is 13.4. The fourth-order valence-electron chi connectivity index (χ4n) is 3.58. The Kier molecular flexibility index (Phi) is 5.14. The van der Waals surface area contributed by atoms with Crippen LogP contribution in [0.2, 0.25) is 0 Å². The molecule has 158 valence electrons. The van der Waals surface area contributed by atoms with Crippen LogP contribution in [-0.4, -0.2) is 30.2 Å². The smallest absolute Gasteiger partial charge is 0.168 e. The van der Waals surface area contributed by atoms with Crippen molar-refractivity contribution in [3.05, 3.63) is 94.6 Å². The van der Waals surface area contributed by atoms with Crippen molar-refractivity contribution in [3.63, 3.8) is 0 Å². The molecular weight excluding hydrogens is 473 g/mol. The van der Waals surface area contributed by atoms with Gasteiger partial charge in [0.15, 0.2) is 11.4 Å². The summed E-state index contributed by atoms with van der Waals surface area (Å²) < 4.78 is 17.4. The number of benzene rings is 2. The van der Waals surface area contributed by atoms with Crippen LogP contribution in [0.3, 0.4) is 0 Å². The second-order valence-electron chi connectivity index (χ2n) is 7.38. The Morgan fingerprint density at radius 1 is 1.00 bits per heavy atom. The van der Waals surface area contributed by atoms with Gasteiger partial charge in [-0.2, -0.15) is 10.2 Å². The quantitative estimate of drug-likeness (QED) is 0.321. The molecule has 6 nitrogen and oxygen atoms in total. The third kappa shape index (κ3) is 3.73. The normalized spacial score (nSPS) is 11.2. The number of nitrogens with zero attached hydrogens (tertiary/aromatic N) is 5. The first-order valence-electron chi connectivity index (χ1n) is 9.92. The number of aromatic nitrogens is 5. The number of ketones is 1. The van der Waals surface area contributed by atoms with E-state index in [1.54, 1.807) is 33.5 Å². The van der Waals surface area contributed by atoms with Crippen molar-refractivity contribution >= 4 is 27.4 Å². The summed E-state index contributed by atoms with van der Waals surface area (Å²) >= 11 is 3.56. The molecule has 8 heteroatoms. The minimum Gasteiger partial charge on any atom is -0.294 e. The zero-order valence-electron chi connectivity index (χ0n) is 17.0. The lowest BCUT2D eigenvalue weighted by molar-refractivity contribution is 0.0992. The molecule has 0 radical (unpaired) electrons. The monoisotopic (exact) mass is 489 g/mol. The summed E-state index contributed by atoms with van der Waals surface area (Å²) in [5.74, 6) is -0.313. The Balaban J connectivity index is 1.53. The second kappa shape index (κ2) is 8.12. The molecule has 3 aromatic heterocycles. The Hall–Kier alpha value is -3.65. The molecule has 0 aliphatic carbocycles. The van der Waals surface area contributed by atoms with Gasteiger partial charge < -0.3 is 0 Å². The van der Waals surface area contributed by atoms with Crippen LogP contribution in [0, 0.1) is 5.82 Å². The second-order valence-corrected chi connectivity index (χ2v) is 8.13. The topological polar surface area (TPSA) is 65.1 Å². The Labute approximate surface area is 191 Å². The van der Waals surface area contributed by atoms with E-state index >= 15 is 0 Å². The molecule has 2 aromatic carbocycles. The van der Waals surface area contributed by atoms with Crippen molar-refractivity contribution in [1.29, 1.82) is 0 Å². The van der Waals surface area contributed by atoms with Crippen LogP contribution in [0.4, 0.5) is 4.39 Å². The lowest BCUT2D eigenvalue weighted by Gasteiger charge is -2.04. The highest BCUT2D eigenvalue weighted by Crippen LogP contribution is 2.31. The van der Waals surface area contributed by atoms with E-state index in [2.05, 4.69) is 26.0 Å². The number of halogens is 2. The average molecular weight is 490 g/mol. The predicted octanol–water partition coefficient (Wildman–Crippen LogP) is 5.12. The number of fused-ring (bicyclic) bond motifs is 1. The van der Waals surface area contributed by atoms with Crippen molar-refractivity contribution in [3.8, 4) is 22.5 Å². The fourth-order valence-corrected chi connectivity index (χ4v) is 4.07. The highest BCUT2D eigenvalue weighted by molar-refractivity contribution is 9.10. The number of Topliss-reactive ketones (excluding diaryl/α,β-unsaturated/α-hetero) is 1. The van der Waals surface area contributed by atoms with Crippen LogP contribution in [0.15, 0.2) is 77.5 Å². The van der Waals surface area contributed by atoms with Crippen LogP contribution in [-0.2, 0) is 13.5 Å². The fraction of sp³-hybridized carbons (Fsp3) is 0.0833. The van der Waals surface area contributed by atoms with Gasteiger partial charge in [0.05, 0.1) is 17.8 Å². The first-order chi connectivity index (χ1) is 15.5. The summed E-state index contributed by atoms with van der Waals surface area (Å²) in [5.41, 5.74) is 4.88. The van der Waals surface area contributed by atoms with E-state index in [1.807, 2.05) is 43.6 Å². The minimum atomic E-state index is -0.300. The molecule has 0 spiro atoms. The third-order valence-corrected chi connectivity index (χ3v) is 5.93. The zero-order chi connectivity index (χ0) is 22.2. The van der Waals surface area contributed by atoms with E-state index < -0.39 is 0 Å². The Morgan fingerprint density at radius 2 is 1.75 bits per heavy atom. The largest absolute Gasteiger partial charge is 0.294 e. The van der Waals surface area contributed by atoms with Gasteiger partial charge in [-0.3, -0.25) is 9.48 Å². The summed E-state index contributed by atoms with van der Waals surface area (Å²) in [6.07, 6.45) is 2.04. The van der Waals surface area contributed by atoms with E-state index in [0.29, 0.717) is 32.9 Å². The van der Waals surface area contributed by atoms with Crippen LogP contribution < -0.4 is 0 Å². The first kappa shape index (κ1) is 20.3. The summed E-state index contributed by atoms with van der Waals surface area (Å²) in [6.45, 7) is 0. The summed E-state index contributed by atoms with van der Waals surface area (Å²) in [4.78, 5) is 17.2. The molecule has 0 N–H and O–H groups in total. The number of aryl methyl sites for hydroxylation is 1. The first-order valence-corrected chi connectivity index (χ1v) is 10.7. The lowest BCUT2D eigenvalue weighted by Crippen LogP contribution is -2.04. The van der Waals surface area contributed by atoms with Crippen molar-refractivity contribution in [2.45, 2.75) is 6.42 Å². The molecule has 5 rings (SSSR count). The Bertz CT molecular complexity index is 1440. The van der Waals surface area contributed by atoms with Gasteiger partial charge in [-0.15, -0.1) is 0 Å². The summed E-state index contributed by atoms with van der Waals surface area (Å²) in [6, 6.07) is 19.1. The van der Waals surface area contributed by atoms with Gasteiger partial charge in [0.25, 0.3) is 0 Å². The average Bonchev–Trinajstić information content (AvgIpc) is 3.34. The van der Waals surface area contributed by atoms with Crippen molar-refractivity contribution in [1.82, 2.24) is 24.4 Å².